The Balaban J connectivity index is 1.95. The summed E-state index contributed by atoms with van der Waals surface area (Å²) >= 11 is 0. The first-order valence-corrected chi connectivity index (χ1v) is 5.87. The van der Waals surface area contributed by atoms with Crippen molar-refractivity contribution in [1.29, 1.82) is 0 Å². The number of carbonyl (C=O) groups excluding carboxylic acids is 2. The fourth-order valence-corrected chi connectivity index (χ4v) is 2.28. The van der Waals surface area contributed by atoms with Crippen molar-refractivity contribution in [3.8, 4) is 5.75 Å². The summed E-state index contributed by atoms with van der Waals surface area (Å²) in [6.07, 6.45) is 2.50. The lowest BCUT2D eigenvalue weighted by Crippen LogP contribution is -2.55. The van der Waals surface area contributed by atoms with E-state index in [1.807, 2.05) is 0 Å². The van der Waals surface area contributed by atoms with Gasteiger partial charge in [-0.2, -0.15) is 0 Å². The molecule has 1 aromatic rings. The highest BCUT2D eigenvalue weighted by atomic mass is 16.5. The van der Waals surface area contributed by atoms with Crippen LogP contribution in [0.2, 0.25) is 0 Å². The highest BCUT2D eigenvalue weighted by Crippen LogP contribution is 2.43. The van der Waals surface area contributed by atoms with Gasteiger partial charge in [0.1, 0.15) is 5.75 Å². The summed E-state index contributed by atoms with van der Waals surface area (Å²) in [4.78, 5) is 23.4. The number of rotatable bonds is 1. The van der Waals surface area contributed by atoms with Crippen LogP contribution in [0.4, 0.5) is 5.69 Å². The summed E-state index contributed by atoms with van der Waals surface area (Å²) in [5.41, 5.74) is 0.241. The molecule has 1 heterocycles. The maximum Gasteiger partial charge on any atom is 0.337 e. The van der Waals surface area contributed by atoms with Gasteiger partial charge in [0, 0.05) is 0 Å². The van der Waals surface area contributed by atoms with Crippen LogP contribution in [-0.2, 0) is 9.53 Å². The fraction of sp³-hybridized carbons (Fsp3) is 0.385. The molecule has 18 heavy (non-hydrogen) atoms. The molecule has 1 aromatic carbocycles. The first-order chi connectivity index (χ1) is 8.64. The minimum atomic E-state index is -0.681. The van der Waals surface area contributed by atoms with Gasteiger partial charge in [0.2, 0.25) is 0 Å². The molecule has 3 rings (SSSR count). The molecule has 0 saturated heterocycles. The molecular weight excluding hydrogens is 234 g/mol. The minimum absolute atomic E-state index is 0.122. The molecule has 1 amide bonds. The van der Waals surface area contributed by atoms with Crippen molar-refractivity contribution in [2.75, 3.05) is 12.4 Å². The van der Waals surface area contributed by atoms with Crippen LogP contribution in [0.15, 0.2) is 18.2 Å². The molecule has 0 bridgehead atoms. The molecule has 1 aliphatic heterocycles. The van der Waals surface area contributed by atoms with Gasteiger partial charge in [-0.1, -0.05) is 0 Å². The van der Waals surface area contributed by atoms with Crippen molar-refractivity contribution in [3.63, 3.8) is 0 Å². The average Bonchev–Trinajstić information content (AvgIpc) is 2.34. The van der Waals surface area contributed by atoms with Crippen molar-refractivity contribution in [1.82, 2.24) is 0 Å². The van der Waals surface area contributed by atoms with Gasteiger partial charge in [-0.3, -0.25) is 4.79 Å². The Morgan fingerprint density at radius 1 is 1.44 bits per heavy atom. The van der Waals surface area contributed by atoms with Crippen LogP contribution in [0.1, 0.15) is 29.6 Å². The average molecular weight is 247 g/mol. The number of amides is 1. The second kappa shape index (κ2) is 3.73. The van der Waals surface area contributed by atoms with Crippen molar-refractivity contribution < 1.29 is 19.1 Å². The number of ether oxygens (including phenoxy) is 2. The molecule has 0 unspecified atom stereocenters. The van der Waals surface area contributed by atoms with Crippen LogP contribution in [-0.4, -0.2) is 24.6 Å². The van der Waals surface area contributed by atoms with E-state index in [4.69, 9.17) is 4.74 Å². The van der Waals surface area contributed by atoms with E-state index in [0.717, 1.165) is 19.3 Å². The van der Waals surface area contributed by atoms with Crippen LogP contribution < -0.4 is 10.1 Å². The van der Waals surface area contributed by atoms with E-state index < -0.39 is 11.6 Å². The lowest BCUT2D eigenvalue weighted by atomic mass is 9.78. The summed E-state index contributed by atoms with van der Waals surface area (Å²) in [6.45, 7) is 0. The van der Waals surface area contributed by atoms with Crippen molar-refractivity contribution >= 4 is 17.6 Å². The van der Waals surface area contributed by atoms with Gasteiger partial charge in [0.15, 0.2) is 5.60 Å². The lowest BCUT2D eigenvalue weighted by molar-refractivity contribution is -0.139. The predicted molar refractivity (Wildman–Crippen MR) is 63.6 cm³/mol. The number of fused-ring (bicyclic) bond motifs is 1. The molecule has 0 aromatic heterocycles. The van der Waals surface area contributed by atoms with Crippen molar-refractivity contribution in [3.05, 3.63) is 23.8 Å². The van der Waals surface area contributed by atoms with E-state index in [9.17, 15) is 9.59 Å². The minimum Gasteiger partial charge on any atom is -0.475 e. The molecule has 5 heteroatoms. The number of methoxy groups -OCH3 is 1. The Kier molecular flexibility index (Phi) is 2.29. The molecule has 5 nitrogen and oxygen atoms in total. The molecular formula is C13H13NO4. The Labute approximate surface area is 104 Å². The Bertz CT molecular complexity index is 534. The standard InChI is InChI=1S/C13H13NO4/c1-17-11(15)8-3-4-10-9(7-8)14-12(16)13(18-10)5-2-6-13/h3-4,7H,2,5-6H2,1H3,(H,14,16). The topological polar surface area (TPSA) is 64.6 Å². The van der Waals surface area contributed by atoms with E-state index in [-0.39, 0.29) is 5.91 Å². The fourth-order valence-electron chi connectivity index (χ4n) is 2.28. The van der Waals surface area contributed by atoms with E-state index in [2.05, 4.69) is 10.1 Å². The molecule has 1 N–H and O–H groups in total. The smallest absolute Gasteiger partial charge is 0.337 e. The van der Waals surface area contributed by atoms with Gasteiger partial charge in [-0.05, 0) is 37.5 Å². The Hall–Kier alpha value is -2.04. The number of esters is 1. The van der Waals surface area contributed by atoms with Gasteiger partial charge in [0.05, 0.1) is 18.4 Å². The van der Waals surface area contributed by atoms with E-state index in [0.29, 0.717) is 17.0 Å². The molecule has 1 saturated carbocycles. The molecule has 94 valence electrons. The lowest BCUT2D eigenvalue weighted by Gasteiger charge is -2.43. The number of hydrogen-bond acceptors (Lipinski definition) is 4. The molecule has 0 atom stereocenters. The first kappa shape index (κ1) is 11.1. The molecule has 1 spiro atoms. The SMILES string of the molecule is COC(=O)c1ccc2c(c1)NC(=O)C1(CCC1)O2. The summed E-state index contributed by atoms with van der Waals surface area (Å²) in [7, 11) is 1.32. The molecule has 0 radical (unpaired) electrons. The van der Waals surface area contributed by atoms with Crippen LogP contribution >= 0.6 is 0 Å². The molecule has 2 aliphatic rings. The molecule has 1 aliphatic carbocycles. The zero-order chi connectivity index (χ0) is 12.8. The number of hydrogen-bond donors (Lipinski definition) is 1. The first-order valence-electron chi connectivity index (χ1n) is 5.87. The Morgan fingerprint density at radius 2 is 2.22 bits per heavy atom. The van der Waals surface area contributed by atoms with Gasteiger partial charge < -0.3 is 14.8 Å². The largest absolute Gasteiger partial charge is 0.475 e. The zero-order valence-corrected chi connectivity index (χ0v) is 9.99. The number of carbonyl (C=O) groups is 2. The quantitative estimate of drug-likeness (QED) is 0.767. The van der Waals surface area contributed by atoms with E-state index in [1.165, 1.54) is 7.11 Å². The monoisotopic (exact) mass is 247 g/mol. The summed E-state index contributed by atoms with van der Waals surface area (Å²) in [5, 5.41) is 2.80. The van der Waals surface area contributed by atoms with Crippen LogP contribution in [0.3, 0.4) is 0 Å². The van der Waals surface area contributed by atoms with Gasteiger partial charge in [-0.25, -0.2) is 4.79 Å². The normalized spacial score (nSPS) is 19.3. The number of benzene rings is 1. The predicted octanol–water partition coefficient (Wildman–Crippen LogP) is 1.73. The van der Waals surface area contributed by atoms with Gasteiger partial charge in [0.25, 0.3) is 5.91 Å². The zero-order valence-electron chi connectivity index (χ0n) is 9.99. The van der Waals surface area contributed by atoms with Gasteiger partial charge >= 0.3 is 5.97 Å². The number of nitrogens with one attached hydrogen (secondary N) is 1. The third-order valence-corrected chi connectivity index (χ3v) is 3.53. The third-order valence-electron chi connectivity index (χ3n) is 3.53. The molecule has 1 fully saturated rings. The summed E-state index contributed by atoms with van der Waals surface area (Å²) in [5.74, 6) is 0.0567. The van der Waals surface area contributed by atoms with Crippen LogP contribution in [0.5, 0.6) is 5.75 Å². The van der Waals surface area contributed by atoms with Crippen molar-refractivity contribution in [2.24, 2.45) is 0 Å². The van der Waals surface area contributed by atoms with Crippen molar-refractivity contribution in [2.45, 2.75) is 24.9 Å². The third kappa shape index (κ3) is 1.47. The Morgan fingerprint density at radius 3 is 2.83 bits per heavy atom. The second-order valence-corrected chi connectivity index (χ2v) is 4.61. The van der Waals surface area contributed by atoms with Crippen LogP contribution in [0, 0.1) is 0 Å². The highest BCUT2D eigenvalue weighted by Gasteiger charge is 2.49. The highest BCUT2D eigenvalue weighted by molar-refractivity contribution is 6.02. The van der Waals surface area contributed by atoms with Crippen LogP contribution in [0.25, 0.3) is 0 Å². The van der Waals surface area contributed by atoms with E-state index in [1.54, 1.807) is 18.2 Å². The maximum atomic E-state index is 12.0. The maximum absolute atomic E-state index is 12.0. The summed E-state index contributed by atoms with van der Waals surface area (Å²) in [6, 6.07) is 4.90. The van der Waals surface area contributed by atoms with E-state index >= 15 is 0 Å². The van der Waals surface area contributed by atoms with Gasteiger partial charge in [-0.15, -0.1) is 0 Å². The second-order valence-electron chi connectivity index (χ2n) is 4.61. The summed E-state index contributed by atoms with van der Waals surface area (Å²) < 4.78 is 10.4. The number of anilines is 1.